The van der Waals surface area contributed by atoms with E-state index in [9.17, 15) is 14.4 Å². The predicted molar refractivity (Wildman–Crippen MR) is 144 cm³/mol. The molecule has 1 heterocycles. The first-order valence-electron chi connectivity index (χ1n) is 12.4. The first-order chi connectivity index (χ1) is 18.4. The van der Waals surface area contributed by atoms with Gasteiger partial charge in [-0.1, -0.05) is 91.9 Å². The number of ether oxygens (including phenoxy) is 3. The quantitative estimate of drug-likeness (QED) is 0.218. The Bertz CT molecular complexity index is 1510. The molecule has 0 aliphatic carbocycles. The number of carbonyl (C=O) groups excluding carboxylic acids is 3. The second-order valence-electron chi connectivity index (χ2n) is 8.96. The summed E-state index contributed by atoms with van der Waals surface area (Å²) >= 11 is 0. The minimum atomic E-state index is -0.986. The second-order valence-corrected chi connectivity index (χ2v) is 8.96. The van der Waals surface area contributed by atoms with Gasteiger partial charge in [0.2, 0.25) is 0 Å². The molecule has 4 aromatic rings. The van der Waals surface area contributed by atoms with Crippen LogP contribution in [0.2, 0.25) is 0 Å². The SMILES string of the molecule is CCC(=O)COC(=O)c1c2c(c3ccccc3c1OC(C)=O)OC(c1ccccc1)(c1ccccc1)C=C2. The van der Waals surface area contributed by atoms with Crippen LogP contribution in [0.3, 0.4) is 0 Å². The summed E-state index contributed by atoms with van der Waals surface area (Å²) in [6, 6.07) is 26.9. The van der Waals surface area contributed by atoms with Crippen LogP contribution in [0.5, 0.6) is 11.5 Å². The summed E-state index contributed by atoms with van der Waals surface area (Å²) in [5.41, 5.74) is 1.26. The zero-order valence-electron chi connectivity index (χ0n) is 21.1. The summed E-state index contributed by atoms with van der Waals surface area (Å²) in [6.45, 7) is 2.59. The molecule has 0 aromatic heterocycles. The highest BCUT2D eigenvalue weighted by Crippen LogP contribution is 2.49. The van der Waals surface area contributed by atoms with E-state index in [-0.39, 0.29) is 30.1 Å². The van der Waals surface area contributed by atoms with Crippen molar-refractivity contribution in [3.63, 3.8) is 0 Å². The average molecular weight is 507 g/mol. The molecule has 4 aromatic carbocycles. The average Bonchev–Trinajstić information content (AvgIpc) is 2.96. The minimum absolute atomic E-state index is 0.0313. The lowest BCUT2D eigenvalue weighted by Gasteiger charge is -2.37. The van der Waals surface area contributed by atoms with E-state index in [2.05, 4.69) is 0 Å². The van der Waals surface area contributed by atoms with Crippen molar-refractivity contribution in [2.75, 3.05) is 6.61 Å². The molecular formula is C32H26O6. The van der Waals surface area contributed by atoms with E-state index in [1.54, 1.807) is 25.1 Å². The number of ketones is 1. The summed E-state index contributed by atoms with van der Waals surface area (Å²) in [6.07, 6.45) is 3.93. The Hall–Kier alpha value is -4.71. The zero-order valence-corrected chi connectivity index (χ0v) is 21.1. The molecule has 0 unspecified atom stereocenters. The third-order valence-electron chi connectivity index (χ3n) is 6.52. The van der Waals surface area contributed by atoms with Gasteiger partial charge in [0.15, 0.2) is 17.1 Å². The van der Waals surface area contributed by atoms with Crippen molar-refractivity contribution in [3.8, 4) is 11.5 Å². The number of hydrogen-bond acceptors (Lipinski definition) is 6. The lowest BCUT2D eigenvalue weighted by atomic mass is 9.82. The summed E-state index contributed by atoms with van der Waals surface area (Å²) in [5.74, 6) is -1.06. The van der Waals surface area contributed by atoms with E-state index in [0.717, 1.165) is 11.1 Å². The molecule has 0 bridgehead atoms. The zero-order chi connectivity index (χ0) is 26.7. The lowest BCUT2D eigenvalue weighted by Crippen LogP contribution is -2.34. The van der Waals surface area contributed by atoms with Gasteiger partial charge < -0.3 is 14.2 Å². The Morgan fingerprint density at radius 1 is 0.816 bits per heavy atom. The van der Waals surface area contributed by atoms with Crippen molar-refractivity contribution in [1.29, 1.82) is 0 Å². The maximum atomic E-state index is 13.4. The van der Waals surface area contributed by atoms with E-state index in [4.69, 9.17) is 14.2 Å². The lowest BCUT2D eigenvalue weighted by molar-refractivity contribution is -0.131. The van der Waals surface area contributed by atoms with E-state index < -0.39 is 17.5 Å². The van der Waals surface area contributed by atoms with Gasteiger partial charge in [-0.15, -0.1) is 0 Å². The molecule has 38 heavy (non-hydrogen) atoms. The topological polar surface area (TPSA) is 78.9 Å². The third-order valence-corrected chi connectivity index (χ3v) is 6.52. The Morgan fingerprint density at radius 2 is 1.39 bits per heavy atom. The fourth-order valence-electron chi connectivity index (χ4n) is 4.68. The van der Waals surface area contributed by atoms with Crippen molar-refractivity contribution in [2.24, 2.45) is 0 Å². The first kappa shape index (κ1) is 25.0. The molecular weight excluding hydrogens is 480 g/mol. The van der Waals surface area contributed by atoms with Crippen LogP contribution in [0.15, 0.2) is 91.0 Å². The van der Waals surface area contributed by atoms with Gasteiger partial charge in [0, 0.05) is 40.8 Å². The molecule has 0 spiro atoms. The molecule has 6 nitrogen and oxygen atoms in total. The number of Topliss-reactive ketones (excluding diaryl/α,β-unsaturated/α-hetero) is 1. The maximum absolute atomic E-state index is 13.4. The van der Waals surface area contributed by atoms with Gasteiger partial charge in [-0.05, 0) is 12.2 Å². The Kier molecular flexibility index (Phi) is 6.79. The Morgan fingerprint density at radius 3 is 1.97 bits per heavy atom. The van der Waals surface area contributed by atoms with Crippen LogP contribution in [-0.2, 0) is 19.9 Å². The molecule has 0 N–H and O–H groups in total. The van der Waals surface area contributed by atoms with Crippen LogP contribution in [-0.4, -0.2) is 24.3 Å². The van der Waals surface area contributed by atoms with E-state index in [1.807, 2.05) is 78.9 Å². The number of carbonyl (C=O) groups is 3. The monoisotopic (exact) mass is 506 g/mol. The molecule has 1 aliphatic rings. The first-order valence-corrected chi connectivity index (χ1v) is 12.4. The van der Waals surface area contributed by atoms with E-state index in [1.165, 1.54) is 6.92 Å². The van der Waals surface area contributed by atoms with Crippen LogP contribution in [0.25, 0.3) is 16.8 Å². The van der Waals surface area contributed by atoms with Crippen LogP contribution < -0.4 is 9.47 Å². The predicted octanol–water partition coefficient (Wildman–Crippen LogP) is 6.25. The van der Waals surface area contributed by atoms with Gasteiger partial charge in [-0.2, -0.15) is 0 Å². The fraction of sp³-hybridized carbons (Fsp3) is 0.156. The number of hydrogen-bond donors (Lipinski definition) is 0. The van der Waals surface area contributed by atoms with Gasteiger partial charge in [0.05, 0.1) is 0 Å². The van der Waals surface area contributed by atoms with Crippen molar-refractivity contribution >= 4 is 34.6 Å². The summed E-state index contributed by atoms with van der Waals surface area (Å²) in [4.78, 5) is 37.4. The molecule has 0 fully saturated rings. The van der Waals surface area contributed by atoms with Crippen molar-refractivity contribution in [3.05, 3.63) is 113 Å². The summed E-state index contributed by atoms with van der Waals surface area (Å²) < 4.78 is 17.9. The van der Waals surface area contributed by atoms with Crippen LogP contribution in [0, 0.1) is 0 Å². The molecule has 190 valence electrons. The normalized spacial score (nSPS) is 13.3. The fourth-order valence-corrected chi connectivity index (χ4v) is 4.68. The van der Waals surface area contributed by atoms with Crippen LogP contribution in [0.1, 0.15) is 47.3 Å². The number of rotatable bonds is 7. The number of benzene rings is 4. The van der Waals surface area contributed by atoms with E-state index >= 15 is 0 Å². The highest BCUT2D eigenvalue weighted by atomic mass is 16.6. The van der Waals surface area contributed by atoms with Gasteiger partial charge in [0.1, 0.15) is 17.9 Å². The maximum Gasteiger partial charge on any atom is 0.343 e. The Labute approximate surface area is 220 Å². The number of esters is 2. The van der Waals surface area contributed by atoms with E-state index in [0.29, 0.717) is 22.1 Å². The van der Waals surface area contributed by atoms with Crippen LogP contribution in [0.4, 0.5) is 0 Å². The molecule has 1 aliphatic heterocycles. The van der Waals surface area contributed by atoms with Gasteiger partial charge >= 0.3 is 11.9 Å². The van der Waals surface area contributed by atoms with Gasteiger partial charge in [-0.3, -0.25) is 9.59 Å². The molecule has 0 atom stereocenters. The molecule has 6 heteroatoms. The molecule has 0 amide bonds. The molecule has 0 radical (unpaired) electrons. The van der Waals surface area contributed by atoms with Crippen LogP contribution >= 0.6 is 0 Å². The standard InChI is InChI=1S/C32H26O6/c1-3-24(34)20-36-31(35)28-27-18-19-32(22-12-6-4-7-13-22,23-14-8-5-9-15-23)38-29(27)25-16-10-11-17-26(25)30(28)37-21(2)33/h4-19H,3,20H2,1-2H3. The molecule has 0 saturated carbocycles. The highest BCUT2D eigenvalue weighted by Gasteiger charge is 2.40. The molecule has 0 saturated heterocycles. The van der Waals surface area contributed by atoms with Gasteiger partial charge in [0.25, 0.3) is 0 Å². The number of fused-ring (bicyclic) bond motifs is 3. The van der Waals surface area contributed by atoms with Crippen molar-refractivity contribution < 1.29 is 28.6 Å². The summed E-state index contributed by atoms with van der Waals surface area (Å²) in [5, 5.41) is 1.18. The summed E-state index contributed by atoms with van der Waals surface area (Å²) in [7, 11) is 0. The largest absolute Gasteiger partial charge is 0.472 e. The van der Waals surface area contributed by atoms with Crippen molar-refractivity contribution in [2.45, 2.75) is 25.9 Å². The third kappa shape index (κ3) is 4.45. The van der Waals surface area contributed by atoms with Crippen molar-refractivity contribution in [1.82, 2.24) is 0 Å². The second kappa shape index (κ2) is 10.3. The van der Waals surface area contributed by atoms with Gasteiger partial charge in [-0.25, -0.2) is 4.79 Å². The molecule has 5 rings (SSSR count). The highest BCUT2D eigenvalue weighted by molar-refractivity contribution is 6.10. The Balaban J connectivity index is 1.78. The smallest absolute Gasteiger partial charge is 0.343 e. The minimum Gasteiger partial charge on any atom is -0.472 e.